The van der Waals surface area contributed by atoms with Crippen LogP contribution in [0.5, 0.6) is 0 Å². The van der Waals surface area contributed by atoms with Gasteiger partial charge in [-0.15, -0.1) is 0 Å². The number of likely N-dealkylation sites (tertiary alicyclic amines) is 1. The van der Waals surface area contributed by atoms with Crippen LogP contribution in [0.3, 0.4) is 0 Å². The topological polar surface area (TPSA) is 32.5 Å². The average Bonchev–Trinajstić information content (AvgIpc) is 3.05. The van der Waals surface area contributed by atoms with E-state index in [4.69, 9.17) is 4.42 Å². The number of halogens is 2. The Bertz CT molecular complexity index is 784. The monoisotopic (exact) mass is 393 g/mol. The van der Waals surface area contributed by atoms with Gasteiger partial charge in [-0.05, 0) is 38.0 Å². The Kier molecular flexibility index (Phi) is 5.80. The maximum absolute atomic E-state index is 14.0. The van der Waals surface area contributed by atoms with E-state index in [0.717, 1.165) is 37.0 Å². The Hall–Kier alpha value is -1.44. The molecule has 0 N–H and O–H groups in total. The molecule has 0 bridgehead atoms. The fourth-order valence-electron chi connectivity index (χ4n) is 3.95. The Morgan fingerprint density at radius 3 is 2.63 bits per heavy atom. The molecule has 2 aromatic rings. The highest BCUT2D eigenvalue weighted by Gasteiger charge is 2.26. The van der Waals surface area contributed by atoms with Gasteiger partial charge >= 0.3 is 0 Å². The molecule has 146 valence electrons. The lowest BCUT2D eigenvalue weighted by Gasteiger charge is -2.39. The number of oxazole rings is 1. The van der Waals surface area contributed by atoms with E-state index in [9.17, 15) is 8.78 Å². The number of hydrogen-bond acceptors (Lipinski definition) is 5. The molecule has 2 aliphatic heterocycles. The molecule has 0 spiro atoms. The van der Waals surface area contributed by atoms with Crippen LogP contribution < -0.4 is 0 Å². The van der Waals surface area contributed by atoms with Crippen molar-refractivity contribution in [3.05, 3.63) is 41.3 Å². The summed E-state index contributed by atoms with van der Waals surface area (Å²) in [5.41, 5.74) is 0.882. The molecular weight excluding hydrogens is 368 g/mol. The molecule has 3 heterocycles. The van der Waals surface area contributed by atoms with Crippen LogP contribution in [0.1, 0.15) is 24.3 Å². The zero-order valence-corrected chi connectivity index (χ0v) is 16.4. The van der Waals surface area contributed by atoms with E-state index in [0.29, 0.717) is 18.3 Å². The van der Waals surface area contributed by atoms with Gasteiger partial charge in [0, 0.05) is 50.3 Å². The van der Waals surface area contributed by atoms with Crippen molar-refractivity contribution in [1.29, 1.82) is 0 Å². The van der Waals surface area contributed by atoms with E-state index in [1.54, 1.807) is 0 Å². The number of piperidine rings is 1. The maximum Gasteiger partial charge on any atom is 0.229 e. The van der Waals surface area contributed by atoms with Crippen LogP contribution in [0.25, 0.3) is 11.5 Å². The average molecular weight is 394 g/mol. The van der Waals surface area contributed by atoms with Gasteiger partial charge in [-0.3, -0.25) is 9.80 Å². The molecule has 2 saturated heterocycles. The highest BCUT2D eigenvalue weighted by atomic mass is 32.2. The Balaban J connectivity index is 1.39. The van der Waals surface area contributed by atoms with Crippen molar-refractivity contribution in [3.8, 4) is 11.5 Å². The molecule has 1 aromatic heterocycles. The Morgan fingerprint density at radius 2 is 1.89 bits per heavy atom. The van der Waals surface area contributed by atoms with Crippen molar-refractivity contribution in [3.63, 3.8) is 0 Å². The standard InChI is InChI=1S/C20H25F2N3OS/c1-14-19(23-20(26-14)17-12-15(21)2-3-18(17)22)13-24-6-4-16(5-7-24)25-8-10-27-11-9-25/h2-3,12,16H,4-11,13H2,1H3. The summed E-state index contributed by atoms with van der Waals surface area (Å²) in [4.78, 5) is 9.48. The first-order valence-corrected chi connectivity index (χ1v) is 10.7. The van der Waals surface area contributed by atoms with Crippen LogP contribution in [0.15, 0.2) is 22.6 Å². The second-order valence-electron chi connectivity index (χ2n) is 7.30. The molecule has 4 rings (SSSR count). The first kappa shape index (κ1) is 18.9. The number of rotatable bonds is 4. The van der Waals surface area contributed by atoms with Crippen molar-refractivity contribution in [2.24, 2.45) is 0 Å². The largest absolute Gasteiger partial charge is 0.441 e. The van der Waals surface area contributed by atoms with Gasteiger partial charge in [0.25, 0.3) is 0 Å². The molecule has 2 fully saturated rings. The van der Waals surface area contributed by atoms with Gasteiger partial charge in [-0.1, -0.05) is 0 Å². The second kappa shape index (κ2) is 8.29. The van der Waals surface area contributed by atoms with Gasteiger partial charge in [0.15, 0.2) is 0 Å². The van der Waals surface area contributed by atoms with E-state index in [2.05, 4.69) is 14.8 Å². The summed E-state index contributed by atoms with van der Waals surface area (Å²) in [5.74, 6) is 2.30. The van der Waals surface area contributed by atoms with Crippen molar-refractivity contribution in [2.45, 2.75) is 32.4 Å². The summed E-state index contributed by atoms with van der Waals surface area (Å²) in [6.07, 6.45) is 2.35. The second-order valence-corrected chi connectivity index (χ2v) is 8.53. The summed E-state index contributed by atoms with van der Waals surface area (Å²) in [7, 11) is 0. The van der Waals surface area contributed by atoms with Crippen LogP contribution in [0, 0.1) is 18.6 Å². The fourth-order valence-corrected chi connectivity index (χ4v) is 4.88. The van der Waals surface area contributed by atoms with Crippen LogP contribution in [0.2, 0.25) is 0 Å². The highest BCUT2D eigenvalue weighted by molar-refractivity contribution is 7.99. The quantitative estimate of drug-likeness (QED) is 0.786. The smallest absolute Gasteiger partial charge is 0.229 e. The van der Waals surface area contributed by atoms with Crippen molar-refractivity contribution < 1.29 is 13.2 Å². The Morgan fingerprint density at radius 1 is 1.15 bits per heavy atom. The van der Waals surface area contributed by atoms with Gasteiger partial charge in [0.2, 0.25) is 5.89 Å². The van der Waals surface area contributed by atoms with Gasteiger partial charge < -0.3 is 4.42 Å². The lowest BCUT2D eigenvalue weighted by atomic mass is 10.0. The summed E-state index contributed by atoms with van der Waals surface area (Å²) in [5, 5.41) is 0. The van der Waals surface area contributed by atoms with E-state index in [-0.39, 0.29) is 11.5 Å². The molecule has 0 unspecified atom stereocenters. The van der Waals surface area contributed by atoms with Crippen LogP contribution in [-0.4, -0.2) is 58.5 Å². The molecule has 0 radical (unpaired) electrons. The third kappa shape index (κ3) is 4.36. The number of benzene rings is 1. The molecule has 0 saturated carbocycles. The number of hydrogen-bond donors (Lipinski definition) is 0. The number of aromatic nitrogens is 1. The van der Waals surface area contributed by atoms with E-state index < -0.39 is 11.6 Å². The normalized spacial score (nSPS) is 20.3. The summed E-state index contributed by atoms with van der Waals surface area (Å²) < 4.78 is 33.1. The third-order valence-electron chi connectivity index (χ3n) is 5.54. The summed E-state index contributed by atoms with van der Waals surface area (Å²) >= 11 is 2.05. The molecule has 4 nitrogen and oxygen atoms in total. The van der Waals surface area contributed by atoms with Gasteiger partial charge in [0.05, 0.1) is 11.3 Å². The predicted octanol–water partition coefficient (Wildman–Crippen LogP) is 3.94. The van der Waals surface area contributed by atoms with Gasteiger partial charge in [0.1, 0.15) is 17.4 Å². The van der Waals surface area contributed by atoms with E-state index in [1.807, 2.05) is 18.7 Å². The molecule has 0 amide bonds. The number of thioether (sulfide) groups is 1. The number of aryl methyl sites for hydroxylation is 1. The molecular formula is C20H25F2N3OS. The SMILES string of the molecule is Cc1oc(-c2cc(F)ccc2F)nc1CN1CCC(N2CCSCC2)CC1. The van der Waals surface area contributed by atoms with Crippen molar-refractivity contribution >= 4 is 11.8 Å². The fraction of sp³-hybridized carbons (Fsp3) is 0.550. The summed E-state index contributed by atoms with van der Waals surface area (Å²) in [6, 6.07) is 4.03. The van der Waals surface area contributed by atoms with Gasteiger partial charge in [-0.25, -0.2) is 13.8 Å². The molecule has 1 aromatic carbocycles. The minimum atomic E-state index is -0.523. The van der Waals surface area contributed by atoms with Crippen molar-refractivity contribution in [1.82, 2.24) is 14.8 Å². The maximum atomic E-state index is 14.0. The minimum absolute atomic E-state index is 0.0750. The highest BCUT2D eigenvalue weighted by Crippen LogP contribution is 2.27. The van der Waals surface area contributed by atoms with Crippen molar-refractivity contribution in [2.75, 3.05) is 37.7 Å². The predicted molar refractivity (Wildman–Crippen MR) is 104 cm³/mol. The zero-order valence-electron chi connectivity index (χ0n) is 15.6. The van der Waals surface area contributed by atoms with Crippen LogP contribution in [-0.2, 0) is 6.54 Å². The zero-order chi connectivity index (χ0) is 18.8. The third-order valence-corrected chi connectivity index (χ3v) is 6.49. The summed E-state index contributed by atoms with van der Waals surface area (Å²) in [6.45, 7) is 7.01. The molecule has 7 heteroatoms. The first-order chi connectivity index (χ1) is 13.1. The lowest BCUT2D eigenvalue weighted by Crippen LogP contribution is -2.47. The molecule has 27 heavy (non-hydrogen) atoms. The molecule has 2 aliphatic rings. The Labute approximate surface area is 162 Å². The van der Waals surface area contributed by atoms with E-state index in [1.165, 1.54) is 37.4 Å². The van der Waals surface area contributed by atoms with Crippen LogP contribution in [0.4, 0.5) is 8.78 Å². The molecule has 0 aliphatic carbocycles. The van der Waals surface area contributed by atoms with E-state index >= 15 is 0 Å². The number of nitrogens with zero attached hydrogens (tertiary/aromatic N) is 3. The molecule has 0 atom stereocenters. The lowest BCUT2D eigenvalue weighted by molar-refractivity contribution is 0.111. The van der Waals surface area contributed by atoms with Gasteiger partial charge in [-0.2, -0.15) is 11.8 Å². The van der Waals surface area contributed by atoms with Crippen LogP contribution >= 0.6 is 11.8 Å². The minimum Gasteiger partial charge on any atom is -0.441 e. The first-order valence-electron chi connectivity index (χ1n) is 9.56.